The second-order valence-electron chi connectivity index (χ2n) is 7.50. The molecule has 25 heavy (non-hydrogen) atoms. The SMILES string of the molecule is NC12CCCN1C(=O)CCCCCC/C=C\C1CC1(C(=O)O)NC2=O. The first kappa shape index (κ1) is 17.9. The van der Waals surface area contributed by atoms with Crippen molar-refractivity contribution in [1.82, 2.24) is 10.2 Å². The minimum Gasteiger partial charge on any atom is -0.479 e. The average Bonchev–Trinajstić information content (AvgIpc) is 3.11. The number of hydrogen-bond donors (Lipinski definition) is 3. The molecule has 4 N–H and O–H groups in total. The van der Waals surface area contributed by atoms with E-state index in [2.05, 4.69) is 5.32 Å². The van der Waals surface area contributed by atoms with E-state index in [1.165, 1.54) is 4.90 Å². The molecule has 1 saturated heterocycles. The van der Waals surface area contributed by atoms with Crippen molar-refractivity contribution < 1.29 is 19.5 Å². The first-order chi connectivity index (χ1) is 11.9. The van der Waals surface area contributed by atoms with Crippen LogP contribution in [0.3, 0.4) is 0 Å². The number of nitrogens with one attached hydrogen (secondary N) is 1. The maximum Gasteiger partial charge on any atom is 0.330 e. The summed E-state index contributed by atoms with van der Waals surface area (Å²) < 4.78 is 0. The number of aliphatic carboxylic acids is 1. The fourth-order valence-corrected chi connectivity index (χ4v) is 3.99. The van der Waals surface area contributed by atoms with Crippen molar-refractivity contribution in [3.8, 4) is 0 Å². The van der Waals surface area contributed by atoms with Crippen LogP contribution in [0.2, 0.25) is 0 Å². The monoisotopic (exact) mass is 349 g/mol. The molecule has 7 nitrogen and oxygen atoms in total. The van der Waals surface area contributed by atoms with Crippen molar-refractivity contribution in [1.29, 1.82) is 0 Å². The lowest BCUT2D eigenvalue weighted by Gasteiger charge is -2.34. The number of nitrogens with zero attached hydrogens (tertiary/aromatic N) is 1. The molecule has 2 aliphatic heterocycles. The van der Waals surface area contributed by atoms with Gasteiger partial charge in [0.25, 0.3) is 5.91 Å². The van der Waals surface area contributed by atoms with Crippen LogP contribution in [0.4, 0.5) is 0 Å². The Kier molecular flexibility index (Phi) is 4.86. The molecule has 3 atom stereocenters. The van der Waals surface area contributed by atoms with Crippen LogP contribution >= 0.6 is 0 Å². The summed E-state index contributed by atoms with van der Waals surface area (Å²) in [6, 6.07) is 0. The molecular formula is C18H27N3O4. The summed E-state index contributed by atoms with van der Waals surface area (Å²) in [5.41, 5.74) is 3.59. The Labute approximate surface area is 147 Å². The van der Waals surface area contributed by atoms with Gasteiger partial charge in [-0.15, -0.1) is 0 Å². The summed E-state index contributed by atoms with van der Waals surface area (Å²) >= 11 is 0. The minimum absolute atomic E-state index is 0.111. The summed E-state index contributed by atoms with van der Waals surface area (Å²) in [6.07, 6.45) is 10.4. The van der Waals surface area contributed by atoms with Crippen LogP contribution in [0.5, 0.6) is 0 Å². The van der Waals surface area contributed by atoms with Gasteiger partial charge in [-0.3, -0.25) is 9.59 Å². The quantitative estimate of drug-likeness (QED) is 0.614. The van der Waals surface area contributed by atoms with E-state index in [-0.39, 0.29) is 11.8 Å². The number of carbonyl (C=O) groups excluding carboxylic acids is 2. The van der Waals surface area contributed by atoms with Crippen molar-refractivity contribution in [2.45, 2.75) is 69.0 Å². The molecule has 1 aliphatic carbocycles. The minimum atomic E-state index is -1.43. The molecular weight excluding hydrogens is 322 g/mol. The highest BCUT2D eigenvalue weighted by Gasteiger charge is 2.62. The molecule has 138 valence electrons. The molecule has 7 heteroatoms. The first-order valence-corrected chi connectivity index (χ1v) is 9.22. The van der Waals surface area contributed by atoms with Gasteiger partial charge >= 0.3 is 5.97 Å². The summed E-state index contributed by atoms with van der Waals surface area (Å²) in [5, 5.41) is 12.3. The zero-order valence-corrected chi connectivity index (χ0v) is 14.5. The number of rotatable bonds is 1. The van der Waals surface area contributed by atoms with Crippen molar-refractivity contribution in [3.05, 3.63) is 12.2 Å². The summed E-state index contributed by atoms with van der Waals surface area (Å²) in [6.45, 7) is 0.451. The number of carboxylic acids is 1. The third-order valence-electron chi connectivity index (χ3n) is 5.73. The van der Waals surface area contributed by atoms with Gasteiger partial charge in [0.2, 0.25) is 5.91 Å². The smallest absolute Gasteiger partial charge is 0.330 e. The number of amides is 2. The third kappa shape index (κ3) is 3.29. The standard InChI is InChI=1S/C18H27N3O4/c19-18-10-7-11-21(18)14(22)9-6-4-2-1-3-5-8-13-12-17(13,16(24)25)20-15(18)23/h5,8,13H,1-4,6-7,9-12,19H2,(H,20,23)(H,24,25)/b8-5-. The van der Waals surface area contributed by atoms with Crippen LogP contribution in [0.25, 0.3) is 0 Å². The van der Waals surface area contributed by atoms with Crippen molar-refractivity contribution in [3.63, 3.8) is 0 Å². The molecule has 0 spiro atoms. The van der Waals surface area contributed by atoms with Gasteiger partial charge < -0.3 is 21.1 Å². The maximum absolute atomic E-state index is 12.8. The van der Waals surface area contributed by atoms with Gasteiger partial charge in [0.15, 0.2) is 5.66 Å². The fraction of sp³-hybridized carbons (Fsp3) is 0.722. The maximum atomic E-state index is 12.8. The van der Waals surface area contributed by atoms with Gasteiger partial charge in [0.05, 0.1) is 0 Å². The zero-order chi connectivity index (χ0) is 18.1. The van der Waals surface area contributed by atoms with Crippen molar-refractivity contribution in [2.75, 3.05) is 6.54 Å². The second-order valence-corrected chi connectivity index (χ2v) is 7.50. The topological polar surface area (TPSA) is 113 Å². The van der Waals surface area contributed by atoms with Crippen LogP contribution in [0, 0.1) is 5.92 Å². The van der Waals surface area contributed by atoms with Gasteiger partial charge in [-0.25, -0.2) is 4.79 Å². The van der Waals surface area contributed by atoms with Crippen molar-refractivity contribution >= 4 is 17.8 Å². The molecule has 3 unspecified atom stereocenters. The van der Waals surface area contributed by atoms with E-state index in [0.29, 0.717) is 32.2 Å². The Morgan fingerprint density at radius 1 is 1.24 bits per heavy atom. The normalized spacial score (nSPS) is 38.0. The highest BCUT2D eigenvalue weighted by atomic mass is 16.4. The van der Waals surface area contributed by atoms with Crippen LogP contribution < -0.4 is 11.1 Å². The lowest BCUT2D eigenvalue weighted by molar-refractivity contribution is -0.149. The Morgan fingerprint density at radius 2 is 2.00 bits per heavy atom. The van der Waals surface area contributed by atoms with Crippen LogP contribution in [0.15, 0.2) is 12.2 Å². The summed E-state index contributed by atoms with van der Waals surface area (Å²) in [5.74, 6) is -1.92. The van der Waals surface area contributed by atoms with E-state index in [4.69, 9.17) is 5.73 Å². The predicted molar refractivity (Wildman–Crippen MR) is 91.3 cm³/mol. The Hall–Kier alpha value is -1.89. The van der Waals surface area contributed by atoms with E-state index in [0.717, 1.165) is 32.1 Å². The largest absolute Gasteiger partial charge is 0.479 e. The molecule has 0 aromatic rings. The molecule has 2 amide bonds. The zero-order valence-electron chi connectivity index (χ0n) is 14.5. The van der Waals surface area contributed by atoms with E-state index < -0.39 is 23.1 Å². The highest BCUT2D eigenvalue weighted by Crippen LogP contribution is 2.45. The van der Waals surface area contributed by atoms with Crippen LogP contribution in [-0.4, -0.2) is 45.5 Å². The molecule has 1 saturated carbocycles. The Bertz CT molecular complexity index is 605. The number of carboxylic acid groups (broad SMARTS) is 1. The Balaban J connectivity index is 1.84. The molecule has 0 bridgehead atoms. The number of nitrogens with two attached hydrogens (primary N) is 1. The van der Waals surface area contributed by atoms with Gasteiger partial charge in [0.1, 0.15) is 5.54 Å². The molecule has 0 radical (unpaired) electrons. The molecule has 3 rings (SSSR count). The lowest BCUT2D eigenvalue weighted by Crippen LogP contribution is -2.66. The lowest BCUT2D eigenvalue weighted by atomic mass is 10.0. The van der Waals surface area contributed by atoms with Gasteiger partial charge in [-0.05, 0) is 38.5 Å². The van der Waals surface area contributed by atoms with E-state index in [9.17, 15) is 19.5 Å². The van der Waals surface area contributed by atoms with E-state index in [1.807, 2.05) is 12.2 Å². The molecule has 0 aromatic carbocycles. The Morgan fingerprint density at radius 3 is 2.76 bits per heavy atom. The number of allylic oxidation sites excluding steroid dienone is 1. The fourth-order valence-electron chi connectivity index (χ4n) is 3.99. The summed E-state index contributed by atoms with van der Waals surface area (Å²) in [4.78, 5) is 38.6. The predicted octanol–water partition coefficient (Wildman–Crippen LogP) is 1.13. The average molecular weight is 349 g/mol. The van der Waals surface area contributed by atoms with Crippen LogP contribution in [0.1, 0.15) is 57.8 Å². The number of carbonyl (C=O) groups is 3. The van der Waals surface area contributed by atoms with E-state index >= 15 is 0 Å². The van der Waals surface area contributed by atoms with Gasteiger partial charge in [-0.1, -0.05) is 25.0 Å². The number of fused-ring (bicyclic) bond motifs is 2. The molecule has 0 aromatic heterocycles. The second kappa shape index (κ2) is 6.78. The molecule has 2 heterocycles. The van der Waals surface area contributed by atoms with E-state index in [1.54, 1.807) is 0 Å². The summed E-state index contributed by atoms with van der Waals surface area (Å²) in [7, 11) is 0. The highest BCUT2D eigenvalue weighted by molar-refractivity contribution is 5.96. The molecule has 3 aliphatic rings. The van der Waals surface area contributed by atoms with Gasteiger partial charge in [0, 0.05) is 18.9 Å². The third-order valence-corrected chi connectivity index (χ3v) is 5.73. The molecule has 2 fully saturated rings. The van der Waals surface area contributed by atoms with Crippen molar-refractivity contribution in [2.24, 2.45) is 11.7 Å². The van der Waals surface area contributed by atoms with Crippen LogP contribution in [-0.2, 0) is 14.4 Å². The number of hydrogen-bond acceptors (Lipinski definition) is 4. The van der Waals surface area contributed by atoms with Gasteiger partial charge in [-0.2, -0.15) is 0 Å². The first-order valence-electron chi connectivity index (χ1n) is 9.22.